The van der Waals surface area contributed by atoms with Crippen LogP contribution in [0.15, 0.2) is 23.2 Å². The standard InChI is InChI=1S/C16H23F2N3O/c1-16(7-3-9-22-16)11-21-15(19-2)20-8-6-12-10-13(17)4-5-14(12)18/h4-5,10H,3,6-9,11H2,1-2H3,(H2,19,20,21). The molecule has 0 bridgehead atoms. The summed E-state index contributed by atoms with van der Waals surface area (Å²) in [6, 6.07) is 3.49. The molecular formula is C16H23F2N3O. The number of guanidine groups is 1. The van der Waals surface area contributed by atoms with E-state index in [4.69, 9.17) is 4.74 Å². The second-order valence-corrected chi connectivity index (χ2v) is 5.74. The Morgan fingerprint density at radius 1 is 1.36 bits per heavy atom. The van der Waals surface area contributed by atoms with E-state index in [2.05, 4.69) is 22.5 Å². The minimum atomic E-state index is -0.426. The maximum Gasteiger partial charge on any atom is 0.191 e. The Balaban J connectivity index is 1.78. The van der Waals surface area contributed by atoms with Gasteiger partial charge in [-0.25, -0.2) is 8.78 Å². The third-order valence-corrected chi connectivity index (χ3v) is 3.85. The Morgan fingerprint density at radius 3 is 2.86 bits per heavy atom. The van der Waals surface area contributed by atoms with Crippen molar-refractivity contribution in [2.45, 2.75) is 31.8 Å². The first kappa shape index (κ1) is 16.7. The molecule has 4 nitrogen and oxygen atoms in total. The van der Waals surface area contributed by atoms with Crippen LogP contribution in [0.4, 0.5) is 8.78 Å². The number of nitrogens with zero attached hydrogens (tertiary/aromatic N) is 1. The summed E-state index contributed by atoms with van der Waals surface area (Å²) < 4.78 is 32.3. The normalized spacial score (nSPS) is 21.9. The van der Waals surface area contributed by atoms with Crippen molar-refractivity contribution in [3.63, 3.8) is 0 Å². The van der Waals surface area contributed by atoms with Crippen molar-refractivity contribution in [3.8, 4) is 0 Å². The average molecular weight is 311 g/mol. The van der Waals surface area contributed by atoms with Gasteiger partial charge in [0.1, 0.15) is 11.6 Å². The largest absolute Gasteiger partial charge is 0.373 e. The van der Waals surface area contributed by atoms with E-state index >= 15 is 0 Å². The van der Waals surface area contributed by atoms with Gasteiger partial charge in [0.15, 0.2) is 5.96 Å². The van der Waals surface area contributed by atoms with Gasteiger partial charge >= 0.3 is 0 Å². The van der Waals surface area contributed by atoms with Crippen LogP contribution in [0.3, 0.4) is 0 Å². The first-order valence-electron chi connectivity index (χ1n) is 7.55. The van der Waals surface area contributed by atoms with E-state index in [9.17, 15) is 8.78 Å². The van der Waals surface area contributed by atoms with Crippen molar-refractivity contribution in [1.82, 2.24) is 10.6 Å². The fourth-order valence-electron chi connectivity index (χ4n) is 2.52. The molecule has 1 aromatic carbocycles. The SMILES string of the molecule is CN=C(NCCc1cc(F)ccc1F)NCC1(C)CCCO1. The van der Waals surface area contributed by atoms with Crippen LogP contribution in [-0.2, 0) is 11.2 Å². The van der Waals surface area contributed by atoms with Gasteiger partial charge in [-0.3, -0.25) is 4.99 Å². The fourth-order valence-corrected chi connectivity index (χ4v) is 2.52. The highest BCUT2D eigenvalue weighted by molar-refractivity contribution is 5.79. The molecule has 2 rings (SSSR count). The second kappa shape index (κ2) is 7.54. The highest BCUT2D eigenvalue weighted by Gasteiger charge is 2.29. The van der Waals surface area contributed by atoms with Crippen LogP contribution in [0.25, 0.3) is 0 Å². The van der Waals surface area contributed by atoms with Crippen LogP contribution in [0.1, 0.15) is 25.3 Å². The Labute approximate surface area is 130 Å². The van der Waals surface area contributed by atoms with Gasteiger partial charge in [-0.1, -0.05) is 0 Å². The van der Waals surface area contributed by atoms with E-state index in [-0.39, 0.29) is 5.60 Å². The maximum absolute atomic E-state index is 13.5. The summed E-state index contributed by atoms with van der Waals surface area (Å²) in [5, 5.41) is 6.31. The molecule has 6 heteroatoms. The Morgan fingerprint density at radius 2 is 2.18 bits per heavy atom. The van der Waals surface area contributed by atoms with Gasteiger partial charge in [0.2, 0.25) is 0 Å². The summed E-state index contributed by atoms with van der Waals surface area (Å²) in [6.45, 7) is 4.00. The zero-order valence-corrected chi connectivity index (χ0v) is 13.1. The average Bonchev–Trinajstić information content (AvgIpc) is 2.93. The smallest absolute Gasteiger partial charge is 0.191 e. The highest BCUT2D eigenvalue weighted by Crippen LogP contribution is 2.23. The zero-order chi connectivity index (χ0) is 16.0. The summed E-state index contributed by atoms with van der Waals surface area (Å²) in [5.74, 6) is -0.184. The number of ether oxygens (including phenoxy) is 1. The van der Waals surface area contributed by atoms with Crippen molar-refractivity contribution in [3.05, 3.63) is 35.4 Å². The number of hydrogen-bond acceptors (Lipinski definition) is 2. The quantitative estimate of drug-likeness (QED) is 0.647. The predicted octanol–water partition coefficient (Wildman–Crippen LogP) is 2.24. The molecule has 0 radical (unpaired) electrons. The molecule has 122 valence electrons. The van der Waals surface area contributed by atoms with E-state index in [1.54, 1.807) is 7.05 Å². The lowest BCUT2D eigenvalue weighted by Crippen LogP contribution is -2.46. The van der Waals surface area contributed by atoms with Crippen LogP contribution >= 0.6 is 0 Å². The van der Waals surface area contributed by atoms with E-state index in [1.165, 1.54) is 6.07 Å². The van der Waals surface area contributed by atoms with Crippen molar-refractivity contribution >= 4 is 5.96 Å². The number of hydrogen-bond donors (Lipinski definition) is 2. The zero-order valence-electron chi connectivity index (χ0n) is 13.1. The number of rotatable bonds is 5. The molecule has 1 aliphatic heterocycles. The molecule has 0 saturated carbocycles. The summed E-state index contributed by atoms with van der Waals surface area (Å²) in [7, 11) is 1.68. The molecule has 1 fully saturated rings. The van der Waals surface area contributed by atoms with E-state index in [0.29, 0.717) is 31.0 Å². The number of aliphatic imine (C=N–C) groups is 1. The van der Waals surface area contributed by atoms with Gasteiger partial charge < -0.3 is 15.4 Å². The van der Waals surface area contributed by atoms with Gasteiger partial charge in [0.25, 0.3) is 0 Å². The maximum atomic E-state index is 13.5. The molecule has 0 amide bonds. The van der Waals surface area contributed by atoms with Crippen LogP contribution in [0, 0.1) is 11.6 Å². The Kier molecular flexibility index (Phi) is 5.71. The number of nitrogens with one attached hydrogen (secondary N) is 2. The minimum Gasteiger partial charge on any atom is -0.373 e. The highest BCUT2D eigenvalue weighted by atomic mass is 19.1. The molecule has 0 spiro atoms. The lowest BCUT2D eigenvalue weighted by molar-refractivity contribution is 0.0243. The van der Waals surface area contributed by atoms with Crippen molar-refractivity contribution in [1.29, 1.82) is 0 Å². The van der Waals surface area contributed by atoms with Gasteiger partial charge in [-0.2, -0.15) is 0 Å². The summed E-state index contributed by atoms with van der Waals surface area (Å²) in [6.07, 6.45) is 2.48. The summed E-state index contributed by atoms with van der Waals surface area (Å²) >= 11 is 0. The molecular weight excluding hydrogens is 288 g/mol. The third-order valence-electron chi connectivity index (χ3n) is 3.85. The second-order valence-electron chi connectivity index (χ2n) is 5.74. The molecule has 1 unspecified atom stereocenters. The summed E-state index contributed by atoms with van der Waals surface area (Å²) in [5.41, 5.74) is 0.195. The molecule has 1 atom stereocenters. The van der Waals surface area contributed by atoms with Gasteiger partial charge in [-0.15, -0.1) is 0 Å². The molecule has 22 heavy (non-hydrogen) atoms. The van der Waals surface area contributed by atoms with E-state index < -0.39 is 11.6 Å². The van der Waals surface area contributed by atoms with E-state index in [1.807, 2.05) is 0 Å². The number of benzene rings is 1. The lowest BCUT2D eigenvalue weighted by Gasteiger charge is -2.24. The first-order chi connectivity index (χ1) is 10.5. The van der Waals surface area contributed by atoms with Crippen LogP contribution in [-0.4, -0.2) is 38.3 Å². The van der Waals surface area contributed by atoms with Crippen LogP contribution in [0.2, 0.25) is 0 Å². The molecule has 1 aliphatic rings. The molecule has 2 N–H and O–H groups in total. The molecule has 1 heterocycles. The molecule has 0 aromatic heterocycles. The number of halogens is 2. The Bertz CT molecular complexity index is 528. The van der Waals surface area contributed by atoms with Crippen LogP contribution < -0.4 is 10.6 Å². The van der Waals surface area contributed by atoms with Crippen molar-refractivity contribution in [2.75, 3.05) is 26.7 Å². The van der Waals surface area contributed by atoms with Gasteiger partial charge in [0.05, 0.1) is 5.60 Å². The molecule has 1 saturated heterocycles. The fraction of sp³-hybridized carbons (Fsp3) is 0.562. The van der Waals surface area contributed by atoms with E-state index in [0.717, 1.165) is 31.6 Å². The predicted molar refractivity (Wildman–Crippen MR) is 83.0 cm³/mol. The third kappa shape index (κ3) is 4.66. The first-order valence-corrected chi connectivity index (χ1v) is 7.55. The summed E-state index contributed by atoms with van der Waals surface area (Å²) in [4.78, 5) is 4.12. The lowest BCUT2D eigenvalue weighted by atomic mass is 10.0. The van der Waals surface area contributed by atoms with Gasteiger partial charge in [-0.05, 0) is 49.9 Å². The van der Waals surface area contributed by atoms with Crippen molar-refractivity contribution in [2.24, 2.45) is 4.99 Å². The Hall–Kier alpha value is -1.69. The minimum absolute atomic E-state index is 0.160. The van der Waals surface area contributed by atoms with Gasteiger partial charge in [0, 0.05) is 26.7 Å². The monoisotopic (exact) mass is 311 g/mol. The molecule has 0 aliphatic carbocycles. The topological polar surface area (TPSA) is 45.7 Å². The molecule has 1 aromatic rings. The van der Waals surface area contributed by atoms with Crippen LogP contribution in [0.5, 0.6) is 0 Å². The van der Waals surface area contributed by atoms with Crippen molar-refractivity contribution < 1.29 is 13.5 Å².